The van der Waals surface area contributed by atoms with Crippen molar-refractivity contribution in [1.82, 2.24) is 10.3 Å². The fourth-order valence-electron chi connectivity index (χ4n) is 1.96. The largest absolute Gasteiger partial charge is 0.309 e. The molecule has 1 N–H and O–H groups in total. The molecule has 0 amide bonds. The molecule has 0 fully saturated rings. The zero-order chi connectivity index (χ0) is 14.5. The van der Waals surface area contributed by atoms with Crippen molar-refractivity contribution in [2.45, 2.75) is 46.2 Å². The fourth-order valence-corrected chi connectivity index (χ4v) is 3.23. The maximum Gasteiger partial charge on any atom is 0.0975 e. The summed E-state index contributed by atoms with van der Waals surface area (Å²) in [5.41, 5.74) is 2.36. The Balaban J connectivity index is 2.03. The van der Waals surface area contributed by atoms with Gasteiger partial charge in [-0.25, -0.2) is 4.98 Å². The summed E-state index contributed by atoms with van der Waals surface area (Å²) >= 11 is 7.82. The normalized spacial score (nSPS) is 12.6. The zero-order valence-corrected chi connectivity index (χ0v) is 13.8. The highest BCUT2D eigenvalue weighted by molar-refractivity contribution is 7.11. The summed E-state index contributed by atoms with van der Waals surface area (Å²) in [5.74, 6) is 0. The van der Waals surface area contributed by atoms with Gasteiger partial charge in [0.05, 0.1) is 10.7 Å². The number of nitrogens with one attached hydrogen (secondary N) is 1. The summed E-state index contributed by atoms with van der Waals surface area (Å²) in [7, 11) is 0. The Bertz CT molecular complexity index is 565. The zero-order valence-electron chi connectivity index (χ0n) is 12.2. The molecule has 0 bridgehead atoms. The van der Waals surface area contributed by atoms with Gasteiger partial charge in [-0.2, -0.15) is 0 Å². The second-order valence-corrected chi connectivity index (χ2v) is 6.72. The highest BCUT2D eigenvalue weighted by Gasteiger charge is 2.09. The van der Waals surface area contributed by atoms with E-state index >= 15 is 0 Å². The first-order valence-corrected chi connectivity index (χ1v) is 8.21. The maximum atomic E-state index is 6.02. The SMILES string of the molecule is CCC(C)NCc1sc(Cc2cccc(Cl)c2)nc1C. The number of nitrogens with zero attached hydrogens (tertiary/aromatic N) is 1. The van der Waals surface area contributed by atoms with Gasteiger partial charge in [0.15, 0.2) is 0 Å². The molecule has 0 spiro atoms. The molecule has 0 aliphatic rings. The summed E-state index contributed by atoms with van der Waals surface area (Å²) < 4.78 is 0. The third kappa shape index (κ3) is 4.30. The van der Waals surface area contributed by atoms with Crippen LogP contribution in [0, 0.1) is 6.92 Å². The van der Waals surface area contributed by atoms with Gasteiger partial charge < -0.3 is 5.32 Å². The summed E-state index contributed by atoms with van der Waals surface area (Å²) in [6.07, 6.45) is 2.00. The average molecular weight is 309 g/mol. The minimum absolute atomic E-state index is 0.549. The van der Waals surface area contributed by atoms with E-state index in [9.17, 15) is 0 Å². The van der Waals surface area contributed by atoms with Crippen LogP contribution in [0.3, 0.4) is 0 Å². The standard InChI is InChI=1S/C16H21ClN2S/c1-4-11(2)18-10-15-12(3)19-16(20-15)9-13-6-5-7-14(17)8-13/h5-8,11,18H,4,9-10H2,1-3H3. The second kappa shape index (κ2) is 7.21. The van der Waals surface area contributed by atoms with Crippen LogP contribution in [0.15, 0.2) is 24.3 Å². The number of aryl methyl sites for hydroxylation is 1. The van der Waals surface area contributed by atoms with Crippen molar-refractivity contribution in [2.24, 2.45) is 0 Å². The molecule has 0 saturated heterocycles. The molecule has 0 radical (unpaired) electrons. The van der Waals surface area contributed by atoms with Crippen LogP contribution >= 0.6 is 22.9 Å². The van der Waals surface area contributed by atoms with Crippen LogP contribution < -0.4 is 5.32 Å². The van der Waals surface area contributed by atoms with Gasteiger partial charge in [-0.15, -0.1) is 11.3 Å². The molecule has 108 valence electrons. The van der Waals surface area contributed by atoms with Crippen molar-refractivity contribution in [3.63, 3.8) is 0 Å². The lowest BCUT2D eigenvalue weighted by molar-refractivity contribution is 0.536. The number of thiazole rings is 1. The van der Waals surface area contributed by atoms with E-state index in [2.05, 4.69) is 37.1 Å². The smallest absolute Gasteiger partial charge is 0.0975 e. The van der Waals surface area contributed by atoms with E-state index in [1.807, 2.05) is 18.2 Å². The molecule has 0 saturated carbocycles. The number of aromatic nitrogens is 1. The van der Waals surface area contributed by atoms with Crippen molar-refractivity contribution >= 4 is 22.9 Å². The highest BCUT2D eigenvalue weighted by atomic mass is 35.5. The molecular formula is C16H21ClN2S. The van der Waals surface area contributed by atoms with Gasteiger partial charge in [0, 0.05) is 28.9 Å². The Hall–Kier alpha value is -0.900. The first kappa shape index (κ1) is 15.5. The van der Waals surface area contributed by atoms with E-state index in [1.54, 1.807) is 11.3 Å². The molecule has 1 unspecified atom stereocenters. The van der Waals surface area contributed by atoms with E-state index < -0.39 is 0 Å². The van der Waals surface area contributed by atoms with Gasteiger partial charge in [0.2, 0.25) is 0 Å². The van der Waals surface area contributed by atoms with E-state index in [-0.39, 0.29) is 0 Å². The van der Waals surface area contributed by atoms with E-state index in [1.165, 1.54) is 10.4 Å². The Labute approximate surface area is 130 Å². The van der Waals surface area contributed by atoms with Crippen LogP contribution in [0.25, 0.3) is 0 Å². The number of rotatable bonds is 6. The first-order valence-electron chi connectivity index (χ1n) is 7.01. The minimum Gasteiger partial charge on any atom is -0.309 e. The fraction of sp³-hybridized carbons (Fsp3) is 0.438. The second-order valence-electron chi connectivity index (χ2n) is 5.11. The number of hydrogen-bond acceptors (Lipinski definition) is 3. The van der Waals surface area contributed by atoms with Gasteiger partial charge >= 0.3 is 0 Å². The lowest BCUT2D eigenvalue weighted by atomic mass is 10.2. The van der Waals surface area contributed by atoms with Gasteiger partial charge in [-0.3, -0.25) is 0 Å². The van der Waals surface area contributed by atoms with Gasteiger partial charge in [0.25, 0.3) is 0 Å². The predicted molar refractivity (Wildman–Crippen MR) is 87.7 cm³/mol. The van der Waals surface area contributed by atoms with Crippen LogP contribution in [0.5, 0.6) is 0 Å². The summed E-state index contributed by atoms with van der Waals surface area (Å²) in [6, 6.07) is 8.55. The van der Waals surface area contributed by atoms with E-state index in [0.717, 1.165) is 35.1 Å². The van der Waals surface area contributed by atoms with Gasteiger partial charge in [-0.05, 0) is 38.0 Å². The van der Waals surface area contributed by atoms with Crippen LogP contribution in [0.4, 0.5) is 0 Å². The Kier molecular flexibility index (Phi) is 5.58. The molecule has 1 heterocycles. The van der Waals surface area contributed by atoms with E-state index in [0.29, 0.717) is 6.04 Å². The Morgan fingerprint density at radius 2 is 2.20 bits per heavy atom. The van der Waals surface area contributed by atoms with Crippen molar-refractivity contribution in [3.8, 4) is 0 Å². The van der Waals surface area contributed by atoms with E-state index in [4.69, 9.17) is 11.6 Å². The molecule has 1 atom stereocenters. The molecule has 1 aromatic heterocycles. The van der Waals surface area contributed by atoms with Crippen molar-refractivity contribution in [3.05, 3.63) is 50.4 Å². The van der Waals surface area contributed by atoms with Crippen molar-refractivity contribution < 1.29 is 0 Å². The van der Waals surface area contributed by atoms with Crippen molar-refractivity contribution in [2.75, 3.05) is 0 Å². The average Bonchev–Trinajstić information content (AvgIpc) is 2.76. The van der Waals surface area contributed by atoms with Crippen LogP contribution in [0.1, 0.15) is 41.4 Å². The molecule has 2 nitrogen and oxygen atoms in total. The Morgan fingerprint density at radius 1 is 1.40 bits per heavy atom. The molecule has 0 aliphatic heterocycles. The minimum atomic E-state index is 0.549. The number of benzene rings is 1. The molecule has 20 heavy (non-hydrogen) atoms. The van der Waals surface area contributed by atoms with Crippen LogP contribution in [-0.2, 0) is 13.0 Å². The summed E-state index contributed by atoms with van der Waals surface area (Å²) in [5, 5.41) is 5.47. The third-order valence-electron chi connectivity index (χ3n) is 3.40. The molecule has 0 aliphatic carbocycles. The summed E-state index contributed by atoms with van der Waals surface area (Å²) in [4.78, 5) is 6.01. The third-order valence-corrected chi connectivity index (χ3v) is 4.80. The molecular weight excluding hydrogens is 288 g/mol. The lowest BCUT2D eigenvalue weighted by Gasteiger charge is -2.09. The quantitative estimate of drug-likeness (QED) is 0.844. The topological polar surface area (TPSA) is 24.9 Å². The monoisotopic (exact) mass is 308 g/mol. The van der Waals surface area contributed by atoms with Crippen LogP contribution in [0.2, 0.25) is 5.02 Å². The molecule has 2 rings (SSSR count). The van der Waals surface area contributed by atoms with Crippen LogP contribution in [-0.4, -0.2) is 11.0 Å². The number of halogens is 1. The highest BCUT2D eigenvalue weighted by Crippen LogP contribution is 2.22. The van der Waals surface area contributed by atoms with Gasteiger partial charge in [0.1, 0.15) is 0 Å². The number of hydrogen-bond donors (Lipinski definition) is 1. The Morgan fingerprint density at radius 3 is 2.90 bits per heavy atom. The molecule has 1 aromatic carbocycles. The molecule has 4 heteroatoms. The van der Waals surface area contributed by atoms with Crippen molar-refractivity contribution in [1.29, 1.82) is 0 Å². The predicted octanol–water partition coefficient (Wildman–Crippen LogP) is 4.58. The lowest BCUT2D eigenvalue weighted by Crippen LogP contribution is -2.24. The maximum absolute atomic E-state index is 6.02. The molecule has 2 aromatic rings. The van der Waals surface area contributed by atoms with Gasteiger partial charge in [-0.1, -0.05) is 30.7 Å². The first-order chi connectivity index (χ1) is 9.58. The summed E-state index contributed by atoms with van der Waals surface area (Å²) in [6.45, 7) is 7.41.